The molecule has 1 heterocycles. The van der Waals surface area contributed by atoms with Crippen molar-refractivity contribution in [2.45, 2.75) is 5.16 Å². The second-order valence-corrected chi connectivity index (χ2v) is 4.75. The molecule has 5 N–H and O–H groups in total. The van der Waals surface area contributed by atoms with Crippen molar-refractivity contribution in [3.63, 3.8) is 0 Å². The molecule has 0 amide bonds. The zero-order chi connectivity index (χ0) is 11.8. The molecule has 0 aliphatic heterocycles. The minimum atomic E-state index is -3.79. The molecule has 0 saturated carbocycles. The van der Waals surface area contributed by atoms with E-state index >= 15 is 0 Å². The van der Waals surface area contributed by atoms with E-state index in [1.54, 1.807) is 24.3 Å². The van der Waals surface area contributed by atoms with E-state index in [9.17, 15) is 8.42 Å². The number of hydrogen-bond acceptors (Lipinski definition) is 4. The summed E-state index contributed by atoms with van der Waals surface area (Å²) in [6.07, 6.45) is 1.41. The Hall–Kier alpha value is -1.86. The standard InChI is InChI=1S/C9H10N4O2S/c10-7-3-1-6(2-4-7)8-5-12-9(13-8)16(11,14)15/h1-5H,10H2,(H,12,13)(H2,11,14,15). The van der Waals surface area contributed by atoms with Crippen LogP contribution in [0.15, 0.2) is 35.6 Å². The molecule has 0 aliphatic rings. The number of nitrogens with two attached hydrogens (primary N) is 2. The van der Waals surface area contributed by atoms with Gasteiger partial charge in [0.15, 0.2) is 0 Å². The molecule has 0 bridgehead atoms. The van der Waals surface area contributed by atoms with Crippen LogP contribution >= 0.6 is 0 Å². The monoisotopic (exact) mass is 238 g/mol. The normalized spacial score (nSPS) is 11.6. The highest BCUT2D eigenvalue weighted by Crippen LogP contribution is 2.19. The van der Waals surface area contributed by atoms with Crippen LogP contribution in [0, 0.1) is 0 Å². The van der Waals surface area contributed by atoms with E-state index in [1.807, 2.05) is 0 Å². The van der Waals surface area contributed by atoms with Crippen molar-refractivity contribution in [1.29, 1.82) is 0 Å². The van der Waals surface area contributed by atoms with Gasteiger partial charge in [0.2, 0.25) is 5.16 Å². The van der Waals surface area contributed by atoms with Crippen LogP contribution in [0.25, 0.3) is 11.3 Å². The van der Waals surface area contributed by atoms with Gasteiger partial charge >= 0.3 is 0 Å². The van der Waals surface area contributed by atoms with Crippen molar-refractivity contribution in [2.24, 2.45) is 5.14 Å². The molecule has 1 aromatic heterocycles. The Balaban J connectivity index is 2.43. The third-order valence-corrected chi connectivity index (χ3v) is 2.79. The highest BCUT2D eigenvalue weighted by Gasteiger charge is 2.12. The Bertz CT molecular complexity index is 601. The molecule has 0 unspecified atom stereocenters. The molecule has 0 aliphatic carbocycles. The predicted octanol–water partition coefficient (Wildman–Crippen LogP) is 0.306. The summed E-state index contributed by atoms with van der Waals surface area (Å²) in [5, 5.41) is 4.68. The average molecular weight is 238 g/mol. The van der Waals surface area contributed by atoms with Crippen molar-refractivity contribution in [2.75, 3.05) is 5.73 Å². The van der Waals surface area contributed by atoms with E-state index < -0.39 is 10.0 Å². The van der Waals surface area contributed by atoms with Crippen molar-refractivity contribution < 1.29 is 8.42 Å². The van der Waals surface area contributed by atoms with Crippen LogP contribution in [0.5, 0.6) is 0 Å². The number of aromatic amines is 1. The fraction of sp³-hybridized carbons (Fsp3) is 0. The summed E-state index contributed by atoms with van der Waals surface area (Å²) in [6.45, 7) is 0. The number of imidazole rings is 1. The summed E-state index contributed by atoms with van der Waals surface area (Å²) in [5.41, 5.74) is 7.53. The van der Waals surface area contributed by atoms with Crippen LogP contribution < -0.4 is 10.9 Å². The summed E-state index contributed by atoms with van der Waals surface area (Å²) in [6, 6.07) is 6.95. The molecular formula is C9H10N4O2S. The van der Waals surface area contributed by atoms with Crippen LogP contribution in [-0.4, -0.2) is 18.4 Å². The molecule has 0 spiro atoms. The number of H-pyrrole nitrogens is 1. The maximum absolute atomic E-state index is 11.0. The summed E-state index contributed by atoms with van der Waals surface area (Å²) >= 11 is 0. The Kier molecular flexibility index (Phi) is 2.41. The average Bonchev–Trinajstić information content (AvgIpc) is 2.67. The van der Waals surface area contributed by atoms with Gasteiger partial charge in [0.1, 0.15) is 0 Å². The minimum Gasteiger partial charge on any atom is -0.399 e. The molecule has 16 heavy (non-hydrogen) atoms. The van der Waals surface area contributed by atoms with Gasteiger partial charge in [-0.15, -0.1) is 0 Å². The quantitative estimate of drug-likeness (QED) is 0.653. The molecule has 0 saturated heterocycles. The topological polar surface area (TPSA) is 115 Å². The van der Waals surface area contributed by atoms with Gasteiger partial charge < -0.3 is 10.7 Å². The third-order valence-electron chi connectivity index (χ3n) is 2.04. The summed E-state index contributed by atoms with van der Waals surface area (Å²) < 4.78 is 22.0. The van der Waals surface area contributed by atoms with Crippen molar-refractivity contribution in [3.8, 4) is 11.3 Å². The molecule has 7 heteroatoms. The lowest BCUT2D eigenvalue weighted by atomic mass is 10.1. The lowest BCUT2D eigenvalue weighted by molar-refractivity contribution is 0.590. The summed E-state index contributed by atoms with van der Waals surface area (Å²) in [4.78, 5) is 6.31. The van der Waals surface area contributed by atoms with E-state index in [0.717, 1.165) is 5.56 Å². The second kappa shape index (κ2) is 3.62. The first-order valence-electron chi connectivity index (χ1n) is 4.40. The van der Waals surface area contributed by atoms with E-state index in [1.165, 1.54) is 6.20 Å². The molecule has 0 radical (unpaired) electrons. The second-order valence-electron chi connectivity index (χ2n) is 3.27. The number of rotatable bonds is 2. The molecular weight excluding hydrogens is 228 g/mol. The lowest BCUT2D eigenvalue weighted by Crippen LogP contribution is -2.13. The van der Waals surface area contributed by atoms with Crippen molar-refractivity contribution in [1.82, 2.24) is 9.97 Å². The smallest absolute Gasteiger partial charge is 0.271 e. The maximum atomic E-state index is 11.0. The lowest BCUT2D eigenvalue weighted by Gasteiger charge is -1.97. The summed E-state index contributed by atoms with van der Waals surface area (Å²) in [5.74, 6) is 0. The number of nitrogen functional groups attached to an aromatic ring is 1. The van der Waals surface area contributed by atoms with Gasteiger partial charge in [0, 0.05) is 5.69 Å². The van der Waals surface area contributed by atoms with Crippen LogP contribution in [0.4, 0.5) is 5.69 Å². The van der Waals surface area contributed by atoms with Gasteiger partial charge in [-0.05, 0) is 17.7 Å². The Labute approximate surface area is 92.4 Å². The minimum absolute atomic E-state index is 0.251. The first-order valence-corrected chi connectivity index (χ1v) is 5.95. The van der Waals surface area contributed by atoms with Gasteiger partial charge in [-0.25, -0.2) is 18.5 Å². The number of nitrogens with one attached hydrogen (secondary N) is 1. The van der Waals surface area contributed by atoms with E-state index in [4.69, 9.17) is 10.9 Å². The maximum Gasteiger partial charge on any atom is 0.271 e. The van der Waals surface area contributed by atoms with E-state index in [0.29, 0.717) is 11.4 Å². The number of hydrogen-bond donors (Lipinski definition) is 3. The Morgan fingerprint density at radius 3 is 2.31 bits per heavy atom. The first-order chi connectivity index (χ1) is 7.47. The third kappa shape index (κ3) is 2.05. The molecule has 0 atom stereocenters. The van der Waals surface area contributed by atoms with Gasteiger partial charge in [-0.1, -0.05) is 12.1 Å². The van der Waals surface area contributed by atoms with E-state index in [-0.39, 0.29) is 5.16 Å². The summed E-state index contributed by atoms with van der Waals surface area (Å²) in [7, 11) is -3.79. The number of sulfonamides is 1. The fourth-order valence-corrected chi connectivity index (χ4v) is 1.71. The molecule has 1 aromatic carbocycles. The Morgan fingerprint density at radius 1 is 1.19 bits per heavy atom. The van der Waals surface area contributed by atoms with Crippen LogP contribution in [-0.2, 0) is 10.0 Å². The number of primary sulfonamides is 1. The van der Waals surface area contributed by atoms with Gasteiger partial charge in [0.05, 0.1) is 11.9 Å². The predicted molar refractivity (Wildman–Crippen MR) is 59.8 cm³/mol. The van der Waals surface area contributed by atoms with Crippen LogP contribution in [0.1, 0.15) is 0 Å². The van der Waals surface area contributed by atoms with Crippen LogP contribution in [0.2, 0.25) is 0 Å². The van der Waals surface area contributed by atoms with Crippen molar-refractivity contribution in [3.05, 3.63) is 30.5 Å². The largest absolute Gasteiger partial charge is 0.399 e. The molecule has 2 aromatic rings. The number of nitrogens with zero attached hydrogens (tertiary/aromatic N) is 1. The van der Waals surface area contributed by atoms with E-state index in [2.05, 4.69) is 9.97 Å². The fourth-order valence-electron chi connectivity index (χ4n) is 1.26. The number of benzene rings is 1. The highest BCUT2D eigenvalue weighted by molar-refractivity contribution is 7.89. The molecule has 2 rings (SSSR count). The SMILES string of the molecule is Nc1ccc(-c2cnc(S(N)(=O)=O)[nH]2)cc1. The van der Waals surface area contributed by atoms with Gasteiger partial charge in [0.25, 0.3) is 10.0 Å². The zero-order valence-corrected chi connectivity index (χ0v) is 9.03. The molecule has 6 nitrogen and oxygen atoms in total. The molecule has 84 valence electrons. The number of anilines is 1. The zero-order valence-electron chi connectivity index (χ0n) is 8.21. The van der Waals surface area contributed by atoms with Crippen molar-refractivity contribution >= 4 is 15.7 Å². The first kappa shape index (κ1) is 10.7. The van der Waals surface area contributed by atoms with Gasteiger partial charge in [-0.3, -0.25) is 0 Å². The Morgan fingerprint density at radius 2 is 1.81 bits per heavy atom. The van der Waals surface area contributed by atoms with Gasteiger partial charge in [-0.2, -0.15) is 0 Å². The van der Waals surface area contributed by atoms with Crippen LogP contribution in [0.3, 0.4) is 0 Å². The number of aromatic nitrogens is 2. The highest BCUT2D eigenvalue weighted by atomic mass is 32.2. The molecule has 0 fully saturated rings.